The monoisotopic (exact) mass is 722 g/mol. The molecule has 2 fully saturated rings. The second-order valence-electron chi connectivity index (χ2n) is 13.8. The highest BCUT2D eigenvalue weighted by Crippen LogP contribution is 2.49. The van der Waals surface area contributed by atoms with E-state index in [2.05, 4.69) is 5.32 Å². The second kappa shape index (κ2) is 13.1. The Morgan fingerprint density at radius 2 is 1.62 bits per heavy atom. The molecule has 0 saturated carbocycles. The molecule has 0 radical (unpaired) electrons. The normalized spacial score (nSPS) is 25.4. The second-order valence-corrected chi connectivity index (χ2v) is 15.6. The lowest BCUT2D eigenvalue weighted by Gasteiger charge is -2.50. The third-order valence-corrected chi connectivity index (χ3v) is 11.6. The van der Waals surface area contributed by atoms with Crippen LogP contribution in [-0.4, -0.2) is 67.6 Å². The van der Waals surface area contributed by atoms with Crippen LogP contribution < -0.4 is 5.32 Å². The molecule has 8 rings (SSSR count). The summed E-state index contributed by atoms with van der Waals surface area (Å²) in [7, 11) is -4.16. The number of ketones is 2. The summed E-state index contributed by atoms with van der Waals surface area (Å²) in [6.07, 6.45) is -3.00. The molecule has 1 unspecified atom stereocenters. The van der Waals surface area contributed by atoms with Crippen LogP contribution in [0.1, 0.15) is 40.9 Å². The number of aryl methyl sites for hydroxylation is 1. The molecule has 3 aliphatic heterocycles. The van der Waals surface area contributed by atoms with Gasteiger partial charge < -0.3 is 29.0 Å². The number of fused-ring (bicyclic) bond motifs is 3. The molecule has 4 heterocycles. The quantitative estimate of drug-likeness (QED) is 0.149. The lowest BCUT2D eigenvalue weighted by molar-refractivity contribution is -0.341. The van der Waals surface area contributed by atoms with Crippen molar-refractivity contribution in [3.05, 3.63) is 132 Å². The van der Waals surface area contributed by atoms with E-state index < -0.39 is 57.3 Å². The van der Waals surface area contributed by atoms with Gasteiger partial charge in [-0.05, 0) is 56.7 Å². The van der Waals surface area contributed by atoms with Gasteiger partial charge in [0.15, 0.2) is 35.1 Å². The van der Waals surface area contributed by atoms with E-state index in [1.54, 1.807) is 86.6 Å². The van der Waals surface area contributed by atoms with Crippen LogP contribution in [0, 0.1) is 6.92 Å². The third kappa shape index (κ3) is 5.76. The summed E-state index contributed by atoms with van der Waals surface area (Å²) >= 11 is 0. The lowest BCUT2D eigenvalue weighted by Crippen LogP contribution is -2.68. The molecule has 0 spiro atoms. The minimum atomic E-state index is -4.16. The van der Waals surface area contributed by atoms with Gasteiger partial charge in [0.2, 0.25) is 0 Å². The summed E-state index contributed by atoms with van der Waals surface area (Å²) in [6, 6.07) is 29.9. The first-order chi connectivity index (χ1) is 25.0. The maximum Gasteiger partial charge on any atom is 0.268 e. The van der Waals surface area contributed by atoms with Crippen molar-refractivity contribution in [1.29, 1.82) is 0 Å². The van der Waals surface area contributed by atoms with Crippen LogP contribution in [-0.2, 0) is 50.6 Å². The van der Waals surface area contributed by atoms with Crippen molar-refractivity contribution in [2.24, 2.45) is 0 Å². The summed E-state index contributed by atoms with van der Waals surface area (Å²) in [5.74, 6) is -2.06. The zero-order valence-electron chi connectivity index (χ0n) is 28.9. The first-order valence-electron chi connectivity index (χ1n) is 17.1. The van der Waals surface area contributed by atoms with Crippen molar-refractivity contribution < 1.29 is 41.7 Å². The maximum absolute atomic E-state index is 15.0. The average molecular weight is 723 g/mol. The van der Waals surface area contributed by atoms with Crippen molar-refractivity contribution in [2.45, 2.75) is 68.0 Å². The highest BCUT2D eigenvalue weighted by Gasteiger charge is 2.63. The van der Waals surface area contributed by atoms with E-state index in [-0.39, 0.29) is 30.5 Å². The Hall–Kier alpha value is -4.69. The number of ether oxygens (including phenoxy) is 5. The van der Waals surface area contributed by atoms with E-state index in [0.717, 1.165) is 11.1 Å². The number of carbonyl (C=O) groups excluding carboxylic acids is 2. The Kier molecular flexibility index (Phi) is 8.64. The Balaban J connectivity index is 1.25. The van der Waals surface area contributed by atoms with Gasteiger partial charge in [0, 0.05) is 28.4 Å². The summed E-state index contributed by atoms with van der Waals surface area (Å²) in [5.41, 5.74) is 1.33. The van der Waals surface area contributed by atoms with Crippen molar-refractivity contribution in [3.63, 3.8) is 0 Å². The standard InChI is InChI=1S/C40H38N2O9S/c1-25-17-19-27(20-18-25)52(45,46)42-21-30(28-13-8-10-16-32(28)42)40(37(44)29-14-7-9-15-31(29)41-40)38-34(43)36(35-33(50-38)23-49-39(2,3)51-35)48-24-47-22-26-11-5-4-6-12-26/h4-21,33,35-36,38,41H,22-24H2,1-3H3/t33-,35-,36-,38-,40?/m1/s1. The van der Waals surface area contributed by atoms with Gasteiger partial charge in [-0.25, -0.2) is 12.4 Å². The molecular weight excluding hydrogens is 685 g/mol. The number of benzene rings is 4. The SMILES string of the molecule is Cc1ccc(S(=O)(=O)n2cc(C3([C@@H]4O[C@@H]5COC(C)(C)O[C@H]5[C@H](OCOCc5ccccc5)C4=O)Nc4ccccc4C3=O)c3ccccc32)cc1. The van der Waals surface area contributed by atoms with Crippen molar-refractivity contribution >= 4 is 38.2 Å². The van der Waals surface area contributed by atoms with Crippen LogP contribution in [0.2, 0.25) is 0 Å². The maximum atomic E-state index is 15.0. The number of hydrogen-bond acceptors (Lipinski definition) is 10. The molecule has 0 aliphatic carbocycles. The number of para-hydroxylation sites is 2. The molecule has 4 aromatic carbocycles. The molecule has 3 aliphatic rings. The van der Waals surface area contributed by atoms with Gasteiger partial charge in [0.1, 0.15) is 19.0 Å². The molecule has 268 valence electrons. The Morgan fingerprint density at radius 1 is 0.904 bits per heavy atom. The summed E-state index contributed by atoms with van der Waals surface area (Å²) in [4.78, 5) is 30.0. The number of Topliss-reactive ketones (excluding diaryl/α,β-unsaturated/α-hetero) is 2. The van der Waals surface area contributed by atoms with Gasteiger partial charge in [-0.1, -0.05) is 78.4 Å². The summed E-state index contributed by atoms with van der Waals surface area (Å²) in [6.45, 7) is 5.42. The van der Waals surface area contributed by atoms with Crippen LogP contribution in [0.3, 0.4) is 0 Å². The predicted octanol–water partition coefficient (Wildman–Crippen LogP) is 5.74. The Bertz CT molecular complexity index is 2270. The number of aromatic nitrogens is 1. The molecular formula is C40H38N2O9S. The van der Waals surface area contributed by atoms with Crippen molar-refractivity contribution in [1.82, 2.24) is 3.97 Å². The van der Waals surface area contributed by atoms with Gasteiger partial charge in [0.25, 0.3) is 10.0 Å². The molecule has 11 nitrogen and oxygen atoms in total. The average Bonchev–Trinajstić information content (AvgIpc) is 3.68. The van der Waals surface area contributed by atoms with Gasteiger partial charge in [0.05, 0.1) is 23.6 Å². The topological polar surface area (TPSA) is 131 Å². The van der Waals surface area contributed by atoms with Gasteiger partial charge in [-0.3, -0.25) is 9.59 Å². The molecule has 1 N–H and O–H groups in total. The van der Waals surface area contributed by atoms with Crippen LogP contribution in [0.4, 0.5) is 5.69 Å². The Labute approximate surface area is 301 Å². The first kappa shape index (κ1) is 34.4. The van der Waals surface area contributed by atoms with E-state index in [1.807, 2.05) is 37.3 Å². The fraction of sp³-hybridized carbons (Fsp3) is 0.300. The molecule has 5 atom stereocenters. The molecule has 2 saturated heterocycles. The van der Waals surface area contributed by atoms with Crippen molar-refractivity contribution in [3.8, 4) is 0 Å². The fourth-order valence-electron chi connectivity index (χ4n) is 7.36. The fourth-order valence-corrected chi connectivity index (χ4v) is 8.73. The molecule has 12 heteroatoms. The summed E-state index contributed by atoms with van der Waals surface area (Å²) < 4.78 is 60.6. The number of nitrogens with one attached hydrogen (secondary N) is 1. The minimum Gasteiger partial charge on any atom is -0.366 e. The lowest BCUT2D eigenvalue weighted by atomic mass is 9.76. The van der Waals surface area contributed by atoms with Gasteiger partial charge in [-0.15, -0.1) is 0 Å². The number of anilines is 1. The largest absolute Gasteiger partial charge is 0.366 e. The van der Waals surface area contributed by atoms with E-state index in [4.69, 9.17) is 23.7 Å². The van der Waals surface area contributed by atoms with Crippen LogP contribution in [0.25, 0.3) is 10.9 Å². The van der Waals surface area contributed by atoms with E-state index in [1.165, 1.54) is 10.2 Å². The first-order valence-corrected chi connectivity index (χ1v) is 18.5. The van der Waals surface area contributed by atoms with Crippen LogP contribution in [0.5, 0.6) is 0 Å². The molecule has 0 bridgehead atoms. The van der Waals surface area contributed by atoms with Crippen LogP contribution >= 0.6 is 0 Å². The molecule has 0 amide bonds. The molecule has 5 aromatic rings. The van der Waals surface area contributed by atoms with E-state index in [0.29, 0.717) is 22.2 Å². The number of rotatable bonds is 9. The molecule has 52 heavy (non-hydrogen) atoms. The third-order valence-electron chi connectivity index (χ3n) is 9.91. The Morgan fingerprint density at radius 3 is 2.38 bits per heavy atom. The molecule has 1 aromatic heterocycles. The smallest absolute Gasteiger partial charge is 0.268 e. The zero-order chi connectivity index (χ0) is 36.3. The number of hydrogen-bond donors (Lipinski definition) is 1. The van der Waals surface area contributed by atoms with Gasteiger partial charge >= 0.3 is 0 Å². The predicted molar refractivity (Wildman–Crippen MR) is 191 cm³/mol. The highest BCUT2D eigenvalue weighted by molar-refractivity contribution is 7.90. The number of nitrogens with zero attached hydrogens (tertiary/aromatic N) is 1. The van der Waals surface area contributed by atoms with Crippen molar-refractivity contribution in [2.75, 3.05) is 18.7 Å². The van der Waals surface area contributed by atoms with E-state index in [9.17, 15) is 18.0 Å². The summed E-state index contributed by atoms with van der Waals surface area (Å²) in [5, 5.41) is 3.82. The highest BCUT2D eigenvalue weighted by atomic mass is 32.2. The van der Waals surface area contributed by atoms with Crippen LogP contribution in [0.15, 0.2) is 114 Å². The zero-order valence-corrected chi connectivity index (χ0v) is 29.7. The van der Waals surface area contributed by atoms with Gasteiger partial charge in [-0.2, -0.15) is 0 Å². The minimum absolute atomic E-state index is 0.0486. The number of carbonyl (C=O) groups is 2. The van der Waals surface area contributed by atoms with E-state index >= 15 is 0 Å².